The van der Waals surface area contributed by atoms with Crippen LogP contribution < -0.4 is 15.4 Å². The molecule has 120 valence electrons. The Kier molecular flexibility index (Phi) is 5.33. The van der Waals surface area contributed by atoms with Crippen molar-refractivity contribution in [3.8, 4) is 6.01 Å². The Morgan fingerprint density at radius 2 is 1.67 bits per heavy atom. The predicted molar refractivity (Wildman–Crippen MR) is 83.8 cm³/mol. The van der Waals surface area contributed by atoms with Crippen LogP contribution in [0.25, 0.3) is 0 Å². The van der Waals surface area contributed by atoms with Crippen LogP contribution in [0.1, 0.15) is 48.5 Å². The smallest absolute Gasteiger partial charge is 0.323 e. The average molecular weight is 297 g/mol. The van der Waals surface area contributed by atoms with Gasteiger partial charge in [0.25, 0.3) is 0 Å². The van der Waals surface area contributed by atoms with Gasteiger partial charge in [0, 0.05) is 6.54 Å². The van der Waals surface area contributed by atoms with Crippen molar-refractivity contribution in [2.24, 2.45) is 0 Å². The number of nitrogens with one attached hydrogen (secondary N) is 2. The van der Waals surface area contributed by atoms with Gasteiger partial charge < -0.3 is 20.5 Å². The number of aliphatic hydroxyl groups is 1. The van der Waals surface area contributed by atoms with E-state index in [1.54, 1.807) is 13.8 Å². The first-order valence-corrected chi connectivity index (χ1v) is 7.22. The lowest BCUT2D eigenvalue weighted by Gasteiger charge is -2.37. The minimum Gasteiger partial charge on any atom is -0.461 e. The van der Waals surface area contributed by atoms with Crippen LogP contribution in [0.5, 0.6) is 6.01 Å². The molecule has 0 aliphatic carbocycles. The molecular weight excluding hydrogens is 270 g/mol. The summed E-state index contributed by atoms with van der Waals surface area (Å²) in [5.41, 5.74) is -1.57. The lowest BCUT2D eigenvalue weighted by Crippen LogP contribution is -2.51. The van der Waals surface area contributed by atoms with E-state index in [2.05, 4.69) is 25.6 Å². The van der Waals surface area contributed by atoms with Gasteiger partial charge in [-0.25, -0.2) is 0 Å². The molecule has 7 heteroatoms. The van der Waals surface area contributed by atoms with Crippen molar-refractivity contribution < 1.29 is 9.84 Å². The Bertz CT molecular complexity index is 469. The molecule has 0 aliphatic heterocycles. The van der Waals surface area contributed by atoms with Gasteiger partial charge >= 0.3 is 6.01 Å². The molecule has 0 saturated carbocycles. The normalized spacial score (nSPS) is 12.4. The molecule has 0 fully saturated rings. The largest absolute Gasteiger partial charge is 0.461 e. The lowest BCUT2D eigenvalue weighted by molar-refractivity contribution is 0.0236. The second kappa shape index (κ2) is 6.43. The summed E-state index contributed by atoms with van der Waals surface area (Å²) in [4.78, 5) is 12.7. The summed E-state index contributed by atoms with van der Waals surface area (Å²) in [5.74, 6) is 0.806. The maximum Gasteiger partial charge on any atom is 0.323 e. The highest BCUT2D eigenvalue weighted by molar-refractivity contribution is 5.38. The first-order valence-electron chi connectivity index (χ1n) is 7.22. The van der Waals surface area contributed by atoms with E-state index in [1.807, 2.05) is 34.6 Å². The van der Waals surface area contributed by atoms with E-state index in [0.29, 0.717) is 18.4 Å². The van der Waals surface area contributed by atoms with Crippen molar-refractivity contribution in [2.45, 2.75) is 65.7 Å². The van der Waals surface area contributed by atoms with Gasteiger partial charge in [-0.1, -0.05) is 0 Å². The van der Waals surface area contributed by atoms with Crippen molar-refractivity contribution in [3.05, 3.63) is 0 Å². The SMILES string of the molecule is CCNc1nc(NC(C)(C)C(C)(C)O)nc(OC(C)C)n1. The minimum atomic E-state index is -0.947. The van der Waals surface area contributed by atoms with Crippen LogP contribution in [-0.4, -0.2) is 43.8 Å². The maximum absolute atomic E-state index is 10.2. The van der Waals surface area contributed by atoms with Crippen LogP contribution in [0.15, 0.2) is 0 Å². The number of nitrogens with zero attached hydrogens (tertiary/aromatic N) is 3. The van der Waals surface area contributed by atoms with Gasteiger partial charge in [-0.2, -0.15) is 15.0 Å². The Morgan fingerprint density at radius 3 is 2.14 bits per heavy atom. The first-order chi connectivity index (χ1) is 9.55. The molecule has 1 heterocycles. The summed E-state index contributed by atoms with van der Waals surface area (Å²) >= 11 is 0. The monoisotopic (exact) mass is 297 g/mol. The molecule has 0 amide bonds. The van der Waals surface area contributed by atoms with E-state index in [-0.39, 0.29) is 12.1 Å². The third-order valence-corrected chi connectivity index (χ3v) is 3.24. The van der Waals surface area contributed by atoms with Gasteiger partial charge in [0.05, 0.1) is 17.2 Å². The zero-order valence-corrected chi connectivity index (χ0v) is 14.0. The van der Waals surface area contributed by atoms with E-state index in [0.717, 1.165) is 0 Å². The zero-order valence-electron chi connectivity index (χ0n) is 14.0. The second-order valence-electron chi connectivity index (χ2n) is 6.27. The van der Waals surface area contributed by atoms with Crippen molar-refractivity contribution in [3.63, 3.8) is 0 Å². The molecule has 0 aliphatic rings. The van der Waals surface area contributed by atoms with Crippen LogP contribution in [0.2, 0.25) is 0 Å². The van der Waals surface area contributed by atoms with Gasteiger partial charge in [0.1, 0.15) is 0 Å². The summed E-state index contributed by atoms with van der Waals surface area (Å²) in [7, 11) is 0. The standard InChI is InChI=1S/C14H27N5O2/c1-8-15-10-16-11(18-12(17-10)21-9(2)3)19-13(4,5)14(6,7)20/h9,20H,8H2,1-7H3,(H2,15,16,17,18,19). The van der Waals surface area contributed by atoms with E-state index in [1.165, 1.54) is 0 Å². The Hall–Kier alpha value is -1.63. The van der Waals surface area contributed by atoms with E-state index < -0.39 is 11.1 Å². The van der Waals surface area contributed by atoms with Gasteiger partial charge in [-0.3, -0.25) is 0 Å². The molecule has 0 saturated heterocycles. The van der Waals surface area contributed by atoms with Gasteiger partial charge in [-0.15, -0.1) is 0 Å². The fraction of sp³-hybridized carbons (Fsp3) is 0.786. The molecule has 21 heavy (non-hydrogen) atoms. The van der Waals surface area contributed by atoms with Crippen molar-refractivity contribution in [1.82, 2.24) is 15.0 Å². The quantitative estimate of drug-likeness (QED) is 0.709. The second-order valence-corrected chi connectivity index (χ2v) is 6.27. The molecule has 0 aromatic carbocycles. The van der Waals surface area contributed by atoms with Crippen molar-refractivity contribution in [1.29, 1.82) is 0 Å². The highest BCUT2D eigenvalue weighted by Gasteiger charge is 2.35. The van der Waals surface area contributed by atoms with E-state index in [4.69, 9.17) is 4.74 Å². The van der Waals surface area contributed by atoms with Gasteiger partial charge in [0.2, 0.25) is 11.9 Å². The summed E-state index contributed by atoms with van der Waals surface area (Å²) in [6, 6.07) is 0.255. The van der Waals surface area contributed by atoms with E-state index >= 15 is 0 Å². The summed E-state index contributed by atoms with van der Waals surface area (Å²) in [6.45, 7) is 13.7. The zero-order chi connectivity index (χ0) is 16.3. The maximum atomic E-state index is 10.2. The minimum absolute atomic E-state index is 0.0305. The fourth-order valence-electron chi connectivity index (χ4n) is 1.35. The first kappa shape index (κ1) is 17.4. The number of ether oxygens (including phenoxy) is 1. The third kappa shape index (κ3) is 5.00. The number of hydrogen-bond acceptors (Lipinski definition) is 7. The molecule has 0 radical (unpaired) electrons. The number of hydrogen-bond donors (Lipinski definition) is 3. The molecule has 1 aromatic rings. The topological polar surface area (TPSA) is 92.2 Å². The molecular formula is C14H27N5O2. The molecule has 3 N–H and O–H groups in total. The van der Waals surface area contributed by atoms with Gasteiger partial charge in [0.15, 0.2) is 0 Å². The molecule has 0 atom stereocenters. The van der Waals surface area contributed by atoms with Crippen LogP contribution in [-0.2, 0) is 0 Å². The molecule has 7 nitrogen and oxygen atoms in total. The highest BCUT2D eigenvalue weighted by Crippen LogP contribution is 2.25. The van der Waals surface area contributed by atoms with Crippen LogP contribution in [0, 0.1) is 0 Å². The summed E-state index contributed by atoms with van der Waals surface area (Å²) in [5, 5.41) is 16.4. The highest BCUT2D eigenvalue weighted by atomic mass is 16.5. The molecule has 0 spiro atoms. The van der Waals surface area contributed by atoms with Crippen LogP contribution in [0.4, 0.5) is 11.9 Å². The molecule has 0 bridgehead atoms. The van der Waals surface area contributed by atoms with Crippen molar-refractivity contribution >= 4 is 11.9 Å². The fourth-order valence-corrected chi connectivity index (χ4v) is 1.35. The Morgan fingerprint density at radius 1 is 1.10 bits per heavy atom. The summed E-state index contributed by atoms with van der Waals surface area (Å²) in [6.07, 6.45) is -0.0305. The Balaban J connectivity index is 3.08. The van der Waals surface area contributed by atoms with Crippen LogP contribution >= 0.6 is 0 Å². The number of rotatable bonds is 7. The number of aromatic nitrogens is 3. The molecule has 1 rings (SSSR count). The predicted octanol–water partition coefficient (Wildman–Crippen LogP) is 2.05. The molecule has 0 unspecified atom stereocenters. The summed E-state index contributed by atoms with van der Waals surface area (Å²) < 4.78 is 5.54. The Labute approximate surface area is 126 Å². The average Bonchev–Trinajstić information content (AvgIpc) is 2.25. The third-order valence-electron chi connectivity index (χ3n) is 3.24. The van der Waals surface area contributed by atoms with E-state index in [9.17, 15) is 5.11 Å². The van der Waals surface area contributed by atoms with Crippen LogP contribution in [0.3, 0.4) is 0 Å². The molecule has 1 aromatic heterocycles. The van der Waals surface area contributed by atoms with Gasteiger partial charge in [-0.05, 0) is 48.5 Å². The number of anilines is 2. The lowest BCUT2D eigenvalue weighted by atomic mass is 9.86. The van der Waals surface area contributed by atoms with Crippen molar-refractivity contribution in [2.75, 3.05) is 17.2 Å².